The Labute approximate surface area is 161 Å². The Morgan fingerprint density at radius 1 is 0.741 bits per heavy atom. The number of hydrogen-bond acceptors (Lipinski definition) is 8. The average Bonchev–Trinajstić information content (AvgIpc) is 2.61. The molecule has 0 aliphatic rings. The minimum absolute atomic E-state index is 0.0118. The van der Waals surface area contributed by atoms with Gasteiger partial charge in [-0.3, -0.25) is 9.13 Å². The molecule has 0 amide bonds. The lowest BCUT2D eigenvalue weighted by atomic mass is 10.2. The zero-order valence-electron chi connectivity index (χ0n) is 16.9. The molecule has 0 saturated carbocycles. The Bertz CT molecular complexity index is 672. The fourth-order valence-electron chi connectivity index (χ4n) is 2.53. The third kappa shape index (κ3) is 6.31. The lowest BCUT2D eigenvalue weighted by Crippen LogP contribution is -2.15. The second-order valence-electron chi connectivity index (χ2n) is 5.27. The van der Waals surface area contributed by atoms with E-state index in [2.05, 4.69) is 0 Å². The standard InChI is InChI=1S/C17H30O8P2/c1-7-22-26(18,23-8-2)13-14-11-16(21-6)17(12-15(14)20-5)27(19,24-9-3)25-10-4/h11-12H,7-10,13H2,1-6H3. The van der Waals surface area contributed by atoms with E-state index in [9.17, 15) is 9.13 Å². The molecule has 0 bridgehead atoms. The lowest BCUT2D eigenvalue weighted by molar-refractivity contribution is 0.219. The van der Waals surface area contributed by atoms with Crippen molar-refractivity contribution in [2.75, 3.05) is 40.6 Å². The van der Waals surface area contributed by atoms with Crippen molar-refractivity contribution in [3.05, 3.63) is 17.7 Å². The summed E-state index contributed by atoms with van der Waals surface area (Å²) in [6.45, 7) is 7.84. The number of ether oxygens (including phenoxy) is 2. The molecule has 0 unspecified atom stereocenters. The van der Waals surface area contributed by atoms with Crippen LogP contribution in [0.4, 0.5) is 0 Å². The van der Waals surface area contributed by atoms with E-state index in [-0.39, 0.29) is 43.6 Å². The largest absolute Gasteiger partial charge is 0.496 e. The topological polar surface area (TPSA) is 89.5 Å². The maximum atomic E-state index is 13.2. The Balaban J connectivity index is 3.46. The van der Waals surface area contributed by atoms with E-state index in [1.54, 1.807) is 33.8 Å². The highest BCUT2D eigenvalue weighted by atomic mass is 31.2. The molecule has 27 heavy (non-hydrogen) atoms. The highest BCUT2D eigenvalue weighted by molar-refractivity contribution is 7.62. The van der Waals surface area contributed by atoms with Gasteiger partial charge in [-0.25, -0.2) is 0 Å². The molecule has 0 N–H and O–H groups in total. The van der Waals surface area contributed by atoms with Gasteiger partial charge >= 0.3 is 15.2 Å². The molecule has 8 nitrogen and oxygen atoms in total. The van der Waals surface area contributed by atoms with Crippen LogP contribution in [0.5, 0.6) is 11.5 Å². The molecule has 0 saturated heterocycles. The first-order chi connectivity index (χ1) is 12.8. The highest BCUT2D eigenvalue weighted by Crippen LogP contribution is 2.54. The molecular weight excluding hydrogens is 394 g/mol. The average molecular weight is 424 g/mol. The predicted octanol–water partition coefficient (Wildman–Crippen LogP) is 4.36. The van der Waals surface area contributed by atoms with E-state index < -0.39 is 15.2 Å². The Morgan fingerprint density at radius 3 is 1.63 bits per heavy atom. The molecule has 0 aliphatic heterocycles. The zero-order chi connectivity index (χ0) is 20.5. The molecule has 1 aromatic carbocycles. The number of benzene rings is 1. The monoisotopic (exact) mass is 424 g/mol. The molecule has 1 aromatic rings. The van der Waals surface area contributed by atoms with Crippen LogP contribution in [0.25, 0.3) is 0 Å². The van der Waals surface area contributed by atoms with Crippen molar-refractivity contribution in [1.82, 2.24) is 0 Å². The number of methoxy groups -OCH3 is 2. The van der Waals surface area contributed by atoms with Crippen LogP contribution in [-0.4, -0.2) is 40.6 Å². The fourth-order valence-corrected chi connectivity index (χ4v) is 5.97. The summed E-state index contributed by atoms with van der Waals surface area (Å²) in [7, 11) is -4.05. The van der Waals surface area contributed by atoms with Crippen LogP contribution in [0.2, 0.25) is 0 Å². The van der Waals surface area contributed by atoms with Gasteiger partial charge in [0.05, 0.1) is 46.8 Å². The van der Waals surface area contributed by atoms with E-state index in [0.29, 0.717) is 11.3 Å². The maximum Gasteiger partial charge on any atom is 0.365 e. The second-order valence-corrected chi connectivity index (χ2v) is 9.32. The zero-order valence-corrected chi connectivity index (χ0v) is 18.6. The first kappa shape index (κ1) is 24.2. The van der Waals surface area contributed by atoms with Crippen molar-refractivity contribution in [2.24, 2.45) is 0 Å². The maximum absolute atomic E-state index is 13.2. The summed E-state index contributed by atoms with van der Waals surface area (Å²) >= 11 is 0. The summed E-state index contributed by atoms with van der Waals surface area (Å²) in [6, 6.07) is 3.13. The van der Waals surface area contributed by atoms with Gasteiger partial charge in [-0.15, -0.1) is 0 Å². The van der Waals surface area contributed by atoms with Crippen LogP contribution < -0.4 is 14.8 Å². The first-order valence-electron chi connectivity index (χ1n) is 8.85. The second kappa shape index (κ2) is 11.2. The van der Waals surface area contributed by atoms with Crippen molar-refractivity contribution < 1.29 is 36.7 Å². The van der Waals surface area contributed by atoms with Crippen LogP contribution in [0.15, 0.2) is 12.1 Å². The SMILES string of the molecule is CCOP(=O)(Cc1cc(OC)c(P(=O)(OCC)OCC)cc1OC)OCC. The van der Waals surface area contributed by atoms with Gasteiger partial charge in [0.25, 0.3) is 0 Å². The van der Waals surface area contributed by atoms with E-state index in [1.807, 2.05) is 0 Å². The van der Waals surface area contributed by atoms with Gasteiger partial charge in [-0.2, -0.15) is 0 Å². The van der Waals surface area contributed by atoms with Crippen molar-refractivity contribution in [1.29, 1.82) is 0 Å². The van der Waals surface area contributed by atoms with Gasteiger partial charge in [0.2, 0.25) is 0 Å². The summed E-state index contributed by atoms with van der Waals surface area (Å²) in [5, 5.41) is 0.247. The molecule has 0 heterocycles. The molecule has 0 aliphatic carbocycles. The molecule has 0 atom stereocenters. The molecule has 1 rings (SSSR count). The molecular formula is C17H30O8P2. The number of hydrogen-bond donors (Lipinski definition) is 0. The Hall–Kier alpha value is -0.880. The van der Waals surface area contributed by atoms with Crippen LogP contribution in [0.3, 0.4) is 0 Å². The molecule has 156 valence electrons. The van der Waals surface area contributed by atoms with Gasteiger partial charge in [0.1, 0.15) is 16.8 Å². The molecule has 0 fully saturated rings. The first-order valence-corrected chi connectivity index (χ1v) is 12.1. The van der Waals surface area contributed by atoms with Gasteiger partial charge in [0, 0.05) is 5.56 Å². The van der Waals surface area contributed by atoms with E-state index in [0.717, 1.165) is 0 Å². The van der Waals surface area contributed by atoms with E-state index in [4.69, 9.17) is 27.6 Å². The fraction of sp³-hybridized carbons (Fsp3) is 0.647. The summed E-state index contributed by atoms with van der Waals surface area (Å²) in [4.78, 5) is 0. The van der Waals surface area contributed by atoms with Crippen LogP contribution in [0.1, 0.15) is 33.3 Å². The van der Waals surface area contributed by atoms with Gasteiger partial charge in [-0.1, -0.05) is 0 Å². The third-order valence-electron chi connectivity index (χ3n) is 3.49. The molecule has 10 heteroatoms. The van der Waals surface area contributed by atoms with E-state index >= 15 is 0 Å². The van der Waals surface area contributed by atoms with Crippen molar-refractivity contribution in [3.8, 4) is 11.5 Å². The van der Waals surface area contributed by atoms with Crippen molar-refractivity contribution >= 4 is 20.5 Å². The normalized spacial score (nSPS) is 12.2. The minimum Gasteiger partial charge on any atom is -0.496 e. The van der Waals surface area contributed by atoms with Crippen molar-refractivity contribution in [3.63, 3.8) is 0 Å². The Morgan fingerprint density at radius 2 is 1.22 bits per heavy atom. The van der Waals surface area contributed by atoms with Gasteiger partial charge in [0.15, 0.2) is 0 Å². The predicted molar refractivity (Wildman–Crippen MR) is 105 cm³/mol. The summed E-state index contributed by atoms with van der Waals surface area (Å²) in [5.41, 5.74) is 0.544. The van der Waals surface area contributed by atoms with Gasteiger partial charge < -0.3 is 27.6 Å². The van der Waals surface area contributed by atoms with Crippen LogP contribution >= 0.6 is 15.2 Å². The summed E-state index contributed by atoms with van der Waals surface area (Å²) in [5.74, 6) is 0.653. The Kier molecular flexibility index (Phi) is 10.0. The van der Waals surface area contributed by atoms with Crippen LogP contribution in [-0.2, 0) is 33.4 Å². The number of rotatable bonds is 13. The van der Waals surface area contributed by atoms with Crippen LogP contribution in [0, 0.1) is 0 Å². The summed E-state index contributed by atoms with van der Waals surface area (Å²) < 4.78 is 58.4. The van der Waals surface area contributed by atoms with E-state index in [1.165, 1.54) is 20.3 Å². The smallest absolute Gasteiger partial charge is 0.365 e. The minimum atomic E-state index is -3.60. The van der Waals surface area contributed by atoms with Gasteiger partial charge in [-0.05, 0) is 39.8 Å². The summed E-state index contributed by atoms with van der Waals surface area (Å²) in [6.07, 6.45) is -0.0118. The molecule has 0 radical (unpaired) electrons. The quantitative estimate of drug-likeness (QED) is 0.432. The highest BCUT2D eigenvalue weighted by Gasteiger charge is 2.34. The third-order valence-corrected chi connectivity index (χ3v) is 7.66. The molecule has 0 aromatic heterocycles. The molecule has 0 spiro atoms. The lowest BCUT2D eigenvalue weighted by Gasteiger charge is -2.23. The van der Waals surface area contributed by atoms with Crippen molar-refractivity contribution in [2.45, 2.75) is 33.9 Å².